The van der Waals surface area contributed by atoms with Crippen LogP contribution in [0.2, 0.25) is 0 Å². The van der Waals surface area contributed by atoms with E-state index in [9.17, 15) is 9.59 Å². The Morgan fingerprint density at radius 2 is 1.81 bits per heavy atom. The number of hydrogen-bond donors (Lipinski definition) is 0. The van der Waals surface area contributed by atoms with Crippen molar-refractivity contribution < 1.29 is 19.2 Å². The van der Waals surface area contributed by atoms with Crippen molar-refractivity contribution in [2.45, 2.75) is 27.3 Å². The second-order valence-electron chi connectivity index (χ2n) is 7.49. The van der Waals surface area contributed by atoms with Crippen LogP contribution in [0.4, 0.5) is 0 Å². The number of amidine groups is 1. The van der Waals surface area contributed by atoms with Gasteiger partial charge >= 0.3 is 5.97 Å². The number of carbonyl (C=O) groups is 2. The highest BCUT2D eigenvalue weighted by molar-refractivity contribution is 6.13. The lowest BCUT2D eigenvalue weighted by molar-refractivity contribution is -0.140. The second kappa shape index (κ2) is 8.30. The molecule has 0 N–H and O–H groups in total. The highest BCUT2D eigenvalue weighted by Crippen LogP contribution is 2.32. The van der Waals surface area contributed by atoms with Crippen molar-refractivity contribution >= 4 is 51.5 Å². The first-order valence-electron chi connectivity index (χ1n) is 10.3. The van der Waals surface area contributed by atoms with Crippen LogP contribution in [0.1, 0.15) is 31.9 Å². The molecule has 8 heteroatoms. The van der Waals surface area contributed by atoms with Gasteiger partial charge in [-0.25, -0.2) is 9.79 Å². The molecule has 2 heterocycles. The van der Waals surface area contributed by atoms with Gasteiger partial charge in [-0.1, -0.05) is 17.3 Å². The topological polar surface area (TPSA) is 85.5 Å². The molecule has 0 radical (unpaired) electrons. The Hall–Kier alpha value is -3.94. The van der Waals surface area contributed by atoms with Crippen molar-refractivity contribution in [3.8, 4) is 0 Å². The molecular weight excluding hydrogens is 408 g/mol. The third-order valence-corrected chi connectivity index (χ3v) is 5.43. The van der Waals surface area contributed by atoms with Crippen molar-refractivity contribution in [1.29, 1.82) is 0 Å². The smallest absolute Gasteiger partial charge is 0.331 e. The highest BCUT2D eigenvalue weighted by atomic mass is 16.7. The van der Waals surface area contributed by atoms with Crippen LogP contribution in [-0.2, 0) is 25.7 Å². The van der Waals surface area contributed by atoms with Gasteiger partial charge in [0.25, 0.3) is 11.9 Å². The summed E-state index contributed by atoms with van der Waals surface area (Å²) in [5.74, 6) is -0.464. The number of amides is 1. The fraction of sp³-hybridized carbons (Fsp3) is 0.250. The van der Waals surface area contributed by atoms with E-state index in [0.717, 1.165) is 39.5 Å². The molecular formula is C24H24N4O4. The largest absolute Gasteiger partial charge is 0.420 e. The molecule has 0 spiro atoms. The molecule has 0 bridgehead atoms. The maximum absolute atomic E-state index is 12.4. The minimum absolute atomic E-state index is 0.233. The van der Waals surface area contributed by atoms with Gasteiger partial charge in [0, 0.05) is 49.4 Å². The number of oxime groups is 1. The van der Waals surface area contributed by atoms with Crippen molar-refractivity contribution in [3.05, 3.63) is 53.3 Å². The van der Waals surface area contributed by atoms with Gasteiger partial charge in [-0.05, 0) is 55.3 Å². The van der Waals surface area contributed by atoms with E-state index in [1.165, 1.54) is 11.8 Å². The van der Waals surface area contributed by atoms with Crippen LogP contribution < -0.4 is 0 Å². The summed E-state index contributed by atoms with van der Waals surface area (Å²) in [5, 5.41) is 5.99. The van der Waals surface area contributed by atoms with Gasteiger partial charge in [0.1, 0.15) is 0 Å². The van der Waals surface area contributed by atoms with Crippen LogP contribution in [0.25, 0.3) is 27.9 Å². The van der Waals surface area contributed by atoms with E-state index in [0.29, 0.717) is 5.71 Å². The molecule has 1 saturated heterocycles. The quantitative estimate of drug-likeness (QED) is 0.271. The number of fused-ring (bicyclic) bond motifs is 3. The zero-order valence-electron chi connectivity index (χ0n) is 18.7. The summed E-state index contributed by atoms with van der Waals surface area (Å²) < 4.78 is 7.82. The van der Waals surface area contributed by atoms with Crippen LogP contribution in [-0.4, -0.2) is 47.2 Å². The van der Waals surface area contributed by atoms with Gasteiger partial charge < -0.3 is 14.1 Å². The van der Waals surface area contributed by atoms with E-state index >= 15 is 0 Å². The van der Waals surface area contributed by atoms with E-state index in [2.05, 4.69) is 21.6 Å². The molecule has 0 aliphatic carbocycles. The Labute approximate surface area is 185 Å². The molecule has 2 aromatic carbocycles. The van der Waals surface area contributed by atoms with Gasteiger partial charge in [-0.2, -0.15) is 0 Å². The molecule has 1 aromatic heterocycles. The fourth-order valence-electron chi connectivity index (χ4n) is 3.86. The molecule has 3 aromatic rings. The molecule has 32 heavy (non-hydrogen) atoms. The van der Waals surface area contributed by atoms with Gasteiger partial charge in [0.2, 0.25) is 0 Å². The van der Waals surface area contributed by atoms with Crippen LogP contribution in [0.15, 0.2) is 52.3 Å². The van der Waals surface area contributed by atoms with Gasteiger partial charge in [0.15, 0.2) is 5.76 Å². The number of hydrogen-bond acceptors (Lipinski definition) is 6. The van der Waals surface area contributed by atoms with Gasteiger partial charge in [-0.3, -0.25) is 9.69 Å². The number of likely N-dealkylation sites (N-methyl/N-ethyl adjacent to an activating group) is 1. The minimum Gasteiger partial charge on any atom is -0.420 e. The number of rotatable bonds is 4. The monoisotopic (exact) mass is 432 g/mol. The summed E-state index contributed by atoms with van der Waals surface area (Å²) in [7, 11) is 3.21. The van der Waals surface area contributed by atoms with Crippen molar-refractivity contribution in [3.63, 3.8) is 0 Å². The molecule has 4 rings (SSSR count). The zero-order chi connectivity index (χ0) is 23.0. The van der Waals surface area contributed by atoms with Crippen LogP contribution >= 0.6 is 0 Å². The first-order chi connectivity index (χ1) is 15.3. The van der Waals surface area contributed by atoms with Gasteiger partial charge in [-0.15, -0.1) is 0 Å². The van der Waals surface area contributed by atoms with Crippen LogP contribution in [0.3, 0.4) is 0 Å². The molecule has 0 saturated carbocycles. The molecule has 8 nitrogen and oxygen atoms in total. The number of nitrogens with zero attached hydrogens (tertiary/aromatic N) is 4. The Bertz CT molecular complexity index is 1350. The summed E-state index contributed by atoms with van der Waals surface area (Å²) in [5.41, 5.74) is 4.49. The average Bonchev–Trinajstić information content (AvgIpc) is 3.25. The summed E-state index contributed by atoms with van der Waals surface area (Å²) in [4.78, 5) is 33.7. The SMILES string of the molecule is CCn1c2ccc(/C=C3\OC(=NC)N(C)C3=O)cc2c2cc(/C(C)=N/OC(C)=O)ccc21. The van der Waals surface area contributed by atoms with Crippen molar-refractivity contribution in [2.24, 2.45) is 10.1 Å². The average molecular weight is 432 g/mol. The Morgan fingerprint density at radius 1 is 1.12 bits per heavy atom. The normalized spacial score (nSPS) is 17.1. The summed E-state index contributed by atoms with van der Waals surface area (Å²) >= 11 is 0. The van der Waals surface area contributed by atoms with Crippen LogP contribution in [0, 0.1) is 0 Å². The lowest BCUT2D eigenvalue weighted by atomic mass is 10.0. The fourth-order valence-corrected chi connectivity index (χ4v) is 3.86. The number of benzene rings is 2. The zero-order valence-corrected chi connectivity index (χ0v) is 18.7. The van der Waals surface area contributed by atoms with Crippen molar-refractivity contribution in [1.82, 2.24) is 9.47 Å². The lowest BCUT2D eigenvalue weighted by Crippen LogP contribution is -2.24. The first-order valence-corrected chi connectivity index (χ1v) is 10.3. The molecule has 1 amide bonds. The van der Waals surface area contributed by atoms with E-state index < -0.39 is 5.97 Å². The first kappa shape index (κ1) is 21.3. The standard InChI is InChI=1S/C24H24N4O4/c1-6-28-20-9-7-16(12-22-23(30)27(5)24(25-4)31-22)11-18(20)19-13-17(8-10-21(19)28)14(2)26-32-15(3)29/h7-13H,6H2,1-5H3/b22-12-,25-24?,26-14+. The van der Waals surface area contributed by atoms with E-state index in [1.54, 1.807) is 27.1 Å². The Balaban J connectivity index is 1.84. The lowest BCUT2D eigenvalue weighted by Gasteiger charge is -2.04. The van der Waals surface area contributed by atoms with Crippen molar-refractivity contribution in [2.75, 3.05) is 14.1 Å². The third kappa shape index (κ3) is 3.64. The predicted molar refractivity (Wildman–Crippen MR) is 124 cm³/mol. The molecule has 0 unspecified atom stereocenters. The minimum atomic E-state index is -0.462. The van der Waals surface area contributed by atoms with Gasteiger partial charge in [0.05, 0.1) is 5.71 Å². The third-order valence-electron chi connectivity index (χ3n) is 5.43. The molecule has 164 valence electrons. The predicted octanol–water partition coefficient (Wildman–Crippen LogP) is 3.92. The summed E-state index contributed by atoms with van der Waals surface area (Å²) in [6.45, 7) is 6.02. The summed E-state index contributed by atoms with van der Waals surface area (Å²) in [6, 6.07) is 12.4. The highest BCUT2D eigenvalue weighted by Gasteiger charge is 2.31. The Kier molecular flexibility index (Phi) is 5.52. The maximum Gasteiger partial charge on any atom is 0.331 e. The molecule has 1 aliphatic rings. The van der Waals surface area contributed by atoms with E-state index in [1.807, 2.05) is 36.4 Å². The summed E-state index contributed by atoms with van der Waals surface area (Å²) in [6.07, 6.45) is 1.73. The second-order valence-corrected chi connectivity index (χ2v) is 7.49. The van der Waals surface area contributed by atoms with E-state index in [4.69, 9.17) is 9.57 Å². The number of aryl methyl sites for hydroxylation is 1. The number of carbonyl (C=O) groups excluding carboxylic acids is 2. The maximum atomic E-state index is 12.4. The van der Waals surface area contributed by atoms with E-state index in [-0.39, 0.29) is 17.7 Å². The molecule has 0 atom stereocenters. The number of ether oxygens (including phenoxy) is 1. The molecule has 1 fully saturated rings. The van der Waals surface area contributed by atoms with Crippen LogP contribution in [0.5, 0.6) is 0 Å². The number of aliphatic imine (C=N–C) groups is 1. The Morgan fingerprint density at radius 3 is 2.44 bits per heavy atom. The number of aromatic nitrogens is 1. The molecule has 1 aliphatic heterocycles.